The van der Waals surface area contributed by atoms with Gasteiger partial charge in [-0.3, -0.25) is 4.79 Å². The molecule has 1 heterocycles. The van der Waals surface area contributed by atoms with Gasteiger partial charge in [0.05, 0.1) is 12.2 Å². The fourth-order valence-electron chi connectivity index (χ4n) is 5.40. The van der Waals surface area contributed by atoms with Crippen molar-refractivity contribution >= 4 is 11.8 Å². The first-order valence-corrected chi connectivity index (χ1v) is 13.3. The maximum absolute atomic E-state index is 13.7. The van der Waals surface area contributed by atoms with Crippen LogP contribution in [-0.2, 0) is 25.7 Å². The van der Waals surface area contributed by atoms with Gasteiger partial charge < -0.3 is 19.5 Å². The van der Waals surface area contributed by atoms with Crippen molar-refractivity contribution < 1.29 is 23.8 Å². The van der Waals surface area contributed by atoms with Gasteiger partial charge in [0.1, 0.15) is 19.0 Å². The van der Waals surface area contributed by atoms with E-state index in [4.69, 9.17) is 14.2 Å². The number of benzene rings is 3. The highest BCUT2D eigenvalue weighted by molar-refractivity contribution is 6.04. The molecule has 3 aromatic carbocycles. The van der Waals surface area contributed by atoms with Crippen molar-refractivity contribution in [2.45, 2.75) is 38.2 Å². The lowest BCUT2D eigenvalue weighted by molar-refractivity contribution is -0.140. The van der Waals surface area contributed by atoms with Crippen LogP contribution < -0.4 is 10.1 Å². The van der Waals surface area contributed by atoms with Crippen LogP contribution in [0.3, 0.4) is 0 Å². The predicted octanol–water partition coefficient (Wildman–Crippen LogP) is 5.82. The molecular formula is C33H33NO5. The number of hydrogen-bond donors (Lipinski definition) is 1. The second-order valence-electron chi connectivity index (χ2n) is 9.90. The molecule has 0 spiro atoms. The van der Waals surface area contributed by atoms with E-state index in [9.17, 15) is 9.59 Å². The number of hydrogen-bond acceptors (Lipinski definition) is 6. The molecule has 0 saturated heterocycles. The molecule has 0 unspecified atom stereocenters. The van der Waals surface area contributed by atoms with Crippen molar-refractivity contribution in [2.24, 2.45) is 0 Å². The van der Waals surface area contributed by atoms with Gasteiger partial charge in [0.15, 0.2) is 5.78 Å². The number of methoxy groups -OCH3 is 1. The van der Waals surface area contributed by atoms with E-state index >= 15 is 0 Å². The van der Waals surface area contributed by atoms with Crippen LogP contribution in [0.4, 0.5) is 0 Å². The van der Waals surface area contributed by atoms with Crippen LogP contribution in [-0.4, -0.2) is 32.1 Å². The first-order chi connectivity index (χ1) is 19.0. The summed E-state index contributed by atoms with van der Waals surface area (Å²) in [5, 5.41) is 3.40. The summed E-state index contributed by atoms with van der Waals surface area (Å²) in [7, 11) is 1.56. The van der Waals surface area contributed by atoms with Crippen molar-refractivity contribution in [3.8, 4) is 5.75 Å². The number of rotatable bonds is 9. The van der Waals surface area contributed by atoms with Crippen molar-refractivity contribution in [1.29, 1.82) is 0 Å². The lowest BCUT2D eigenvalue weighted by Crippen LogP contribution is -2.36. The molecule has 2 atom stereocenters. The fourth-order valence-corrected chi connectivity index (χ4v) is 5.40. The number of ketones is 1. The van der Waals surface area contributed by atoms with Gasteiger partial charge in [0.25, 0.3) is 0 Å². The van der Waals surface area contributed by atoms with Gasteiger partial charge in [-0.25, -0.2) is 4.79 Å². The average molecular weight is 524 g/mol. The van der Waals surface area contributed by atoms with Crippen LogP contribution in [0.15, 0.2) is 107 Å². The number of esters is 1. The van der Waals surface area contributed by atoms with Crippen molar-refractivity contribution in [3.63, 3.8) is 0 Å². The van der Waals surface area contributed by atoms with Crippen LogP contribution in [0.1, 0.15) is 48.3 Å². The molecule has 0 fully saturated rings. The van der Waals surface area contributed by atoms with E-state index in [1.165, 1.54) is 0 Å². The maximum Gasteiger partial charge on any atom is 0.336 e. The number of nitrogens with one attached hydrogen (secondary N) is 1. The first-order valence-electron chi connectivity index (χ1n) is 13.3. The Labute approximate surface area is 229 Å². The van der Waals surface area contributed by atoms with Gasteiger partial charge in [-0.1, -0.05) is 72.8 Å². The third-order valence-electron chi connectivity index (χ3n) is 7.30. The van der Waals surface area contributed by atoms with Crippen molar-refractivity contribution in [1.82, 2.24) is 5.32 Å². The molecule has 0 amide bonds. The molecule has 0 aromatic heterocycles. The van der Waals surface area contributed by atoms with Crippen LogP contribution in [0.25, 0.3) is 0 Å². The van der Waals surface area contributed by atoms with E-state index in [0.717, 1.165) is 28.1 Å². The molecule has 6 nitrogen and oxygen atoms in total. The Morgan fingerprint density at radius 1 is 0.872 bits per heavy atom. The fraction of sp³-hybridized carbons (Fsp3) is 0.273. The Kier molecular flexibility index (Phi) is 8.23. The lowest BCUT2D eigenvalue weighted by Gasteiger charge is -2.36. The maximum atomic E-state index is 13.7. The number of dihydropyridines is 1. The monoisotopic (exact) mass is 523 g/mol. The molecule has 0 saturated carbocycles. The van der Waals surface area contributed by atoms with E-state index in [-0.39, 0.29) is 18.3 Å². The Morgan fingerprint density at radius 2 is 1.56 bits per heavy atom. The minimum absolute atomic E-state index is 0.0432. The van der Waals surface area contributed by atoms with Crippen LogP contribution >= 0.6 is 0 Å². The number of allylic oxidation sites excluding steroid dienone is 3. The second kappa shape index (κ2) is 12.1. The molecular weight excluding hydrogens is 490 g/mol. The molecule has 2 aliphatic rings. The first kappa shape index (κ1) is 26.4. The molecule has 1 aliphatic heterocycles. The van der Waals surface area contributed by atoms with Crippen LogP contribution in [0.5, 0.6) is 5.75 Å². The summed E-state index contributed by atoms with van der Waals surface area (Å²) in [6, 6.07) is 27.8. The molecule has 39 heavy (non-hydrogen) atoms. The predicted molar refractivity (Wildman–Crippen MR) is 149 cm³/mol. The normalized spacial score (nSPS) is 18.9. The van der Waals surface area contributed by atoms with Gasteiger partial charge in [0, 0.05) is 36.4 Å². The summed E-state index contributed by atoms with van der Waals surface area (Å²) in [5.41, 5.74) is 5.74. The zero-order chi connectivity index (χ0) is 27.2. The number of Topliss-reactive ketones (excluding diaryl/α,β-unsaturated/α-hetero) is 1. The quantitative estimate of drug-likeness (QED) is 0.282. The highest BCUT2D eigenvalue weighted by Gasteiger charge is 2.41. The molecule has 200 valence electrons. The standard InChI is InChI=1S/C33H33NO5/c1-22-30(33(36)38-18-17-37-2)31(25-13-15-27(16-14-25)39-21-23-9-5-3-6-10-23)32-28(34-22)19-26(20-29(32)35)24-11-7-4-8-12-24/h3-16,26,31,34H,17-21H2,1-2H3/t26-,31-/m1/s1. The molecule has 5 rings (SSSR count). The largest absolute Gasteiger partial charge is 0.489 e. The number of ether oxygens (including phenoxy) is 3. The second-order valence-corrected chi connectivity index (χ2v) is 9.90. The van der Waals surface area contributed by atoms with E-state index in [0.29, 0.717) is 42.9 Å². The summed E-state index contributed by atoms with van der Waals surface area (Å²) in [6.45, 7) is 2.77. The molecule has 1 N–H and O–H groups in total. The van der Waals surface area contributed by atoms with E-state index < -0.39 is 11.9 Å². The number of carbonyl (C=O) groups excluding carboxylic acids is 2. The molecule has 1 aliphatic carbocycles. The smallest absolute Gasteiger partial charge is 0.336 e. The van der Waals surface area contributed by atoms with Gasteiger partial charge >= 0.3 is 5.97 Å². The third-order valence-corrected chi connectivity index (χ3v) is 7.30. The summed E-state index contributed by atoms with van der Waals surface area (Å²) in [6.07, 6.45) is 1.09. The Balaban J connectivity index is 1.46. The zero-order valence-electron chi connectivity index (χ0n) is 22.3. The Morgan fingerprint density at radius 3 is 2.26 bits per heavy atom. The highest BCUT2D eigenvalue weighted by atomic mass is 16.6. The molecule has 0 bridgehead atoms. The molecule has 6 heteroatoms. The van der Waals surface area contributed by atoms with Gasteiger partial charge in [-0.15, -0.1) is 0 Å². The summed E-state index contributed by atoms with van der Waals surface area (Å²) in [4.78, 5) is 27.1. The average Bonchev–Trinajstić information content (AvgIpc) is 2.96. The third kappa shape index (κ3) is 5.96. The zero-order valence-corrected chi connectivity index (χ0v) is 22.3. The van der Waals surface area contributed by atoms with Crippen LogP contribution in [0.2, 0.25) is 0 Å². The van der Waals surface area contributed by atoms with Crippen LogP contribution in [0, 0.1) is 0 Å². The SMILES string of the molecule is COCCOC(=O)C1=C(C)NC2=C(C(=O)C[C@H](c3ccccc3)C2)[C@@H]1c1ccc(OCc2ccccc2)cc1. The van der Waals surface area contributed by atoms with Gasteiger partial charge in [-0.05, 0) is 48.1 Å². The van der Waals surface area contributed by atoms with E-state index in [2.05, 4.69) is 17.4 Å². The minimum atomic E-state index is -0.524. The summed E-state index contributed by atoms with van der Waals surface area (Å²) < 4.78 is 16.6. The summed E-state index contributed by atoms with van der Waals surface area (Å²) in [5.74, 6) is -0.126. The van der Waals surface area contributed by atoms with Gasteiger partial charge in [-0.2, -0.15) is 0 Å². The van der Waals surface area contributed by atoms with Crippen molar-refractivity contribution in [2.75, 3.05) is 20.3 Å². The Bertz CT molecular complexity index is 1380. The molecule has 3 aromatic rings. The minimum Gasteiger partial charge on any atom is -0.489 e. The highest BCUT2D eigenvalue weighted by Crippen LogP contribution is 2.45. The Hall–Kier alpha value is -4.16. The van der Waals surface area contributed by atoms with E-state index in [1.807, 2.05) is 79.7 Å². The van der Waals surface area contributed by atoms with E-state index in [1.54, 1.807) is 7.11 Å². The lowest BCUT2D eigenvalue weighted by atomic mass is 9.72. The number of carbonyl (C=O) groups is 2. The van der Waals surface area contributed by atoms with Crippen molar-refractivity contribution in [3.05, 3.63) is 124 Å². The topological polar surface area (TPSA) is 73.9 Å². The van der Waals surface area contributed by atoms with Gasteiger partial charge in [0.2, 0.25) is 0 Å². The molecule has 0 radical (unpaired) electrons. The summed E-state index contributed by atoms with van der Waals surface area (Å²) >= 11 is 0.